The average Bonchev–Trinajstić information content (AvgIpc) is 2.13. The second-order valence-electron chi connectivity index (χ2n) is 6.04. The van der Waals surface area contributed by atoms with Gasteiger partial charge >= 0.3 is 6.09 Å². The van der Waals surface area contributed by atoms with Crippen molar-refractivity contribution in [2.24, 2.45) is 0 Å². The van der Waals surface area contributed by atoms with Gasteiger partial charge in [-0.1, -0.05) is 13.8 Å². The molecule has 18 heavy (non-hydrogen) atoms. The summed E-state index contributed by atoms with van der Waals surface area (Å²) in [5.74, 6) is 0. The van der Waals surface area contributed by atoms with Crippen molar-refractivity contribution in [3.63, 3.8) is 0 Å². The number of likely N-dealkylation sites (N-methyl/N-ethyl adjacent to an activating group) is 1. The highest BCUT2D eigenvalue weighted by Gasteiger charge is 2.23. The molecule has 2 N–H and O–H groups in total. The molecule has 5 heteroatoms. The van der Waals surface area contributed by atoms with Crippen molar-refractivity contribution in [1.82, 2.24) is 10.2 Å². The summed E-state index contributed by atoms with van der Waals surface area (Å²) < 4.78 is 5.22. The molecule has 0 spiro atoms. The highest BCUT2D eigenvalue weighted by atomic mass is 16.6. The lowest BCUT2D eigenvalue weighted by Gasteiger charge is -2.29. The lowest BCUT2D eigenvalue weighted by Crippen LogP contribution is -2.47. The number of aliphatic hydroxyl groups is 1. The Morgan fingerprint density at radius 2 is 1.83 bits per heavy atom. The summed E-state index contributed by atoms with van der Waals surface area (Å²) in [5, 5.41) is 13.2. The van der Waals surface area contributed by atoms with Gasteiger partial charge in [-0.05, 0) is 27.7 Å². The molecule has 1 unspecified atom stereocenters. The number of nitrogens with zero attached hydrogens (tertiary/aromatic N) is 1. The van der Waals surface area contributed by atoms with E-state index in [1.807, 2.05) is 41.5 Å². The Morgan fingerprint density at radius 3 is 2.22 bits per heavy atom. The zero-order valence-electron chi connectivity index (χ0n) is 12.7. The van der Waals surface area contributed by atoms with Crippen LogP contribution < -0.4 is 5.32 Å². The van der Waals surface area contributed by atoms with E-state index in [4.69, 9.17) is 4.74 Å². The fourth-order valence-corrected chi connectivity index (χ4v) is 1.49. The van der Waals surface area contributed by atoms with E-state index in [0.717, 1.165) is 0 Å². The van der Waals surface area contributed by atoms with E-state index < -0.39 is 17.8 Å². The summed E-state index contributed by atoms with van der Waals surface area (Å²) in [6.45, 7) is 11.6. The molecule has 108 valence electrons. The topological polar surface area (TPSA) is 61.8 Å². The number of ether oxygens (including phenoxy) is 1. The summed E-state index contributed by atoms with van der Waals surface area (Å²) in [6.07, 6.45) is -1.04. The van der Waals surface area contributed by atoms with Crippen molar-refractivity contribution in [3.8, 4) is 0 Å². The van der Waals surface area contributed by atoms with Gasteiger partial charge in [0.05, 0.1) is 12.6 Å². The van der Waals surface area contributed by atoms with Crippen LogP contribution in [-0.4, -0.2) is 53.5 Å². The Morgan fingerprint density at radius 1 is 1.33 bits per heavy atom. The Hall–Kier alpha value is -0.810. The van der Waals surface area contributed by atoms with Crippen LogP contribution in [0.5, 0.6) is 0 Å². The molecular formula is C13H28N2O3. The maximum atomic E-state index is 11.7. The third-order valence-corrected chi connectivity index (χ3v) is 2.34. The maximum Gasteiger partial charge on any atom is 0.410 e. The van der Waals surface area contributed by atoms with E-state index in [2.05, 4.69) is 5.32 Å². The van der Waals surface area contributed by atoms with Crippen LogP contribution in [0.15, 0.2) is 0 Å². The Kier molecular flexibility index (Phi) is 6.63. The summed E-state index contributed by atoms with van der Waals surface area (Å²) >= 11 is 0. The molecular weight excluding hydrogens is 232 g/mol. The molecule has 0 fully saturated rings. The SMILES string of the molecule is CC(C)NC(C)[C@H](O)CN(C)C(=O)OC(C)(C)C. The average molecular weight is 260 g/mol. The zero-order chi connectivity index (χ0) is 14.5. The molecule has 0 aromatic rings. The molecule has 1 amide bonds. The van der Waals surface area contributed by atoms with Gasteiger partial charge in [0.1, 0.15) is 5.60 Å². The number of aliphatic hydroxyl groups excluding tert-OH is 1. The zero-order valence-corrected chi connectivity index (χ0v) is 12.7. The molecule has 0 saturated heterocycles. The second kappa shape index (κ2) is 6.95. The maximum absolute atomic E-state index is 11.7. The fourth-order valence-electron chi connectivity index (χ4n) is 1.49. The summed E-state index contributed by atoms with van der Waals surface area (Å²) in [6, 6.07) is 0.219. The molecule has 0 bridgehead atoms. The number of carbonyl (C=O) groups is 1. The fraction of sp³-hybridized carbons (Fsp3) is 0.923. The predicted octanol–water partition coefficient (Wildman–Crippen LogP) is 1.60. The predicted molar refractivity (Wildman–Crippen MR) is 72.6 cm³/mol. The summed E-state index contributed by atoms with van der Waals surface area (Å²) in [5.41, 5.74) is -0.516. The van der Waals surface area contributed by atoms with Crippen LogP contribution in [0.3, 0.4) is 0 Å². The van der Waals surface area contributed by atoms with Crippen molar-refractivity contribution in [2.75, 3.05) is 13.6 Å². The van der Waals surface area contributed by atoms with Gasteiger partial charge in [0.2, 0.25) is 0 Å². The molecule has 0 aliphatic rings. The molecule has 0 aliphatic carbocycles. The number of amides is 1. The van der Waals surface area contributed by atoms with Crippen molar-refractivity contribution < 1.29 is 14.6 Å². The lowest BCUT2D eigenvalue weighted by molar-refractivity contribution is 0.0171. The Labute approximate surface area is 110 Å². The van der Waals surface area contributed by atoms with Gasteiger partial charge < -0.3 is 20.1 Å². The standard InChI is InChI=1S/C13H28N2O3/c1-9(2)14-10(3)11(16)8-15(7)12(17)18-13(4,5)6/h9-11,14,16H,8H2,1-7H3/t10?,11-/m1/s1. The molecule has 0 rings (SSSR count). The highest BCUT2D eigenvalue weighted by molar-refractivity contribution is 5.67. The minimum atomic E-state index is -0.620. The quantitative estimate of drug-likeness (QED) is 0.788. The van der Waals surface area contributed by atoms with Crippen LogP contribution in [0, 0.1) is 0 Å². The molecule has 0 saturated carbocycles. The largest absolute Gasteiger partial charge is 0.444 e. The molecule has 0 heterocycles. The number of rotatable bonds is 5. The van der Waals surface area contributed by atoms with Gasteiger partial charge in [0.25, 0.3) is 0 Å². The van der Waals surface area contributed by atoms with Gasteiger partial charge in [0, 0.05) is 19.1 Å². The number of hydrogen-bond acceptors (Lipinski definition) is 4. The molecule has 0 radical (unpaired) electrons. The number of nitrogens with one attached hydrogen (secondary N) is 1. The van der Waals surface area contributed by atoms with Crippen LogP contribution in [0.25, 0.3) is 0 Å². The second-order valence-corrected chi connectivity index (χ2v) is 6.04. The van der Waals surface area contributed by atoms with Crippen LogP contribution in [-0.2, 0) is 4.74 Å². The summed E-state index contributed by atoms with van der Waals surface area (Å²) in [4.78, 5) is 13.1. The minimum Gasteiger partial charge on any atom is -0.444 e. The Bertz CT molecular complexity index is 261. The first-order chi connectivity index (χ1) is 8.03. The van der Waals surface area contributed by atoms with Gasteiger partial charge in [0.15, 0.2) is 0 Å². The third kappa shape index (κ3) is 7.50. The Balaban J connectivity index is 4.22. The molecule has 2 atom stereocenters. The first-order valence-electron chi connectivity index (χ1n) is 6.41. The van der Waals surface area contributed by atoms with Crippen molar-refractivity contribution >= 4 is 6.09 Å². The van der Waals surface area contributed by atoms with Gasteiger partial charge in [-0.25, -0.2) is 4.79 Å². The first kappa shape index (κ1) is 17.2. The van der Waals surface area contributed by atoms with E-state index >= 15 is 0 Å². The summed E-state index contributed by atoms with van der Waals surface area (Å²) in [7, 11) is 1.62. The molecule has 0 aromatic heterocycles. The monoisotopic (exact) mass is 260 g/mol. The van der Waals surface area contributed by atoms with E-state index in [9.17, 15) is 9.90 Å². The van der Waals surface area contributed by atoms with Crippen LogP contribution in [0.2, 0.25) is 0 Å². The minimum absolute atomic E-state index is 0.0742. The van der Waals surface area contributed by atoms with E-state index in [1.54, 1.807) is 7.05 Å². The number of carbonyl (C=O) groups excluding carboxylic acids is 1. The van der Waals surface area contributed by atoms with Crippen molar-refractivity contribution in [1.29, 1.82) is 0 Å². The lowest BCUT2D eigenvalue weighted by atomic mass is 10.1. The van der Waals surface area contributed by atoms with Gasteiger partial charge in [-0.3, -0.25) is 0 Å². The van der Waals surface area contributed by atoms with Gasteiger partial charge in [-0.2, -0.15) is 0 Å². The van der Waals surface area contributed by atoms with Crippen LogP contribution >= 0.6 is 0 Å². The van der Waals surface area contributed by atoms with E-state index in [1.165, 1.54) is 4.90 Å². The van der Waals surface area contributed by atoms with E-state index in [-0.39, 0.29) is 12.6 Å². The van der Waals surface area contributed by atoms with Crippen molar-refractivity contribution in [2.45, 2.75) is 65.3 Å². The molecule has 5 nitrogen and oxygen atoms in total. The van der Waals surface area contributed by atoms with Crippen LogP contribution in [0.1, 0.15) is 41.5 Å². The van der Waals surface area contributed by atoms with E-state index in [0.29, 0.717) is 6.04 Å². The van der Waals surface area contributed by atoms with Crippen LogP contribution in [0.4, 0.5) is 4.79 Å². The normalized spacial score (nSPS) is 15.4. The van der Waals surface area contributed by atoms with Gasteiger partial charge in [-0.15, -0.1) is 0 Å². The first-order valence-corrected chi connectivity index (χ1v) is 6.41. The smallest absolute Gasteiger partial charge is 0.410 e. The molecule has 0 aromatic carbocycles. The molecule has 0 aliphatic heterocycles. The van der Waals surface area contributed by atoms with Crippen molar-refractivity contribution in [3.05, 3.63) is 0 Å². The third-order valence-electron chi connectivity index (χ3n) is 2.34. The highest BCUT2D eigenvalue weighted by Crippen LogP contribution is 2.09. The number of hydrogen-bond donors (Lipinski definition) is 2.